The van der Waals surface area contributed by atoms with Gasteiger partial charge in [-0.1, -0.05) is 0 Å². The first-order chi connectivity index (χ1) is 5.11. The zero-order valence-corrected chi connectivity index (χ0v) is 6.77. The van der Waals surface area contributed by atoms with Gasteiger partial charge in [-0.15, -0.1) is 11.3 Å². The van der Waals surface area contributed by atoms with Crippen molar-refractivity contribution < 1.29 is 9.59 Å². The van der Waals surface area contributed by atoms with E-state index in [4.69, 9.17) is 5.73 Å². The van der Waals surface area contributed by atoms with Gasteiger partial charge in [-0.05, 0) is 13.0 Å². The molecule has 3 nitrogen and oxygen atoms in total. The highest BCUT2D eigenvalue weighted by atomic mass is 32.1. The topological polar surface area (TPSA) is 60.2 Å². The number of amides is 1. The molecule has 1 aromatic heterocycles. The van der Waals surface area contributed by atoms with Gasteiger partial charge in [-0.3, -0.25) is 9.59 Å². The Morgan fingerprint density at radius 1 is 1.55 bits per heavy atom. The van der Waals surface area contributed by atoms with Gasteiger partial charge in [0.25, 0.3) is 5.91 Å². The highest BCUT2D eigenvalue weighted by molar-refractivity contribution is 7.12. The fourth-order valence-electron chi connectivity index (χ4n) is 0.650. The summed E-state index contributed by atoms with van der Waals surface area (Å²) < 4.78 is 0. The van der Waals surface area contributed by atoms with Crippen molar-refractivity contribution >= 4 is 23.0 Å². The molecule has 58 valence electrons. The average Bonchev–Trinajstić information content (AvgIpc) is 2.33. The first-order valence-corrected chi connectivity index (χ1v) is 3.88. The van der Waals surface area contributed by atoms with Crippen LogP contribution in [0.25, 0.3) is 0 Å². The van der Waals surface area contributed by atoms with Crippen LogP contribution < -0.4 is 5.73 Å². The summed E-state index contributed by atoms with van der Waals surface area (Å²) in [4.78, 5) is 21.7. The zero-order valence-electron chi connectivity index (χ0n) is 5.96. The van der Waals surface area contributed by atoms with Crippen molar-refractivity contribution in [1.29, 1.82) is 0 Å². The smallest absolute Gasteiger partial charge is 0.258 e. The van der Waals surface area contributed by atoms with Gasteiger partial charge in [0, 0.05) is 10.9 Å². The molecule has 1 aromatic rings. The van der Waals surface area contributed by atoms with Crippen molar-refractivity contribution in [1.82, 2.24) is 0 Å². The third kappa shape index (κ3) is 1.65. The molecule has 0 aliphatic rings. The molecule has 4 heteroatoms. The number of hydrogen-bond acceptors (Lipinski definition) is 3. The van der Waals surface area contributed by atoms with E-state index in [-0.39, 0.29) is 5.78 Å². The van der Waals surface area contributed by atoms with Crippen LogP contribution in [0.2, 0.25) is 0 Å². The van der Waals surface area contributed by atoms with Crippen LogP contribution in [0.4, 0.5) is 0 Å². The van der Waals surface area contributed by atoms with E-state index in [2.05, 4.69) is 0 Å². The fourth-order valence-corrected chi connectivity index (χ4v) is 1.45. The van der Waals surface area contributed by atoms with Gasteiger partial charge in [-0.2, -0.15) is 0 Å². The van der Waals surface area contributed by atoms with Gasteiger partial charge in [0.2, 0.25) is 0 Å². The lowest BCUT2D eigenvalue weighted by atomic mass is 10.2. The number of primary amides is 1. The summed E-state index contributed by atoms with van der Waals surface area (Å²) >= 11 is 1.19. The van der Waals surface area contributed by atoms with Crippen LogP contribution in [0.3, 0.4) is 0 Å². The first-order valence-electron chi connectivity index (χ1n) is 3.00. The Labute approximate surface area is 67.8 Å². The van der Waals surface area contributed by atoms with E-state index < -0.39 is 5.91 Å². The molecule has 0 radical (unpaired) electrons. The van der Waals surface area contributed by atoms with E-state index in [0.29, 0.717) is 10.4 Å². The maximum atomic E-state index is 10.7. The van der Waals surface area contributed by atoms with Crippen LogP contribution in [0, 0.1) is 0 Å². The molecule has 2 N–H and O–H groups in total. The molecule has 0 aliphatic heterocycles. The Morgan fingerprint density at radius 2 is 2.18 bits per heavy atom. The maximum absolute atomic E-state index is 10.7. The molecule has 0 bridgehead atoms. The standard InChI is InChI=1S/C7H7NO2S/c1-4(9)5-2-6(7(8)10)11-3-5/h2-3H,1H3,(H2,8,10). The summed E-state index contributed by atoms with van der Waals surface area (Å²) in [6, 6.07) is 1.51. The molecule has 11 heavy (non-hydrogen) atoms. The average molecular weight is 169 g/mol. The maximum Gasteiger partial charge on any atom is 0.258 e. The first kappa shape index (κ1) is 7.94. The van der Waals surface area contributed by atoms with Crippen molar-refractivity contribution in [2.45, 2.75) is 6.92 Å². The normalized spacial score (nSPS) is 9.55. The van der Waals surface area contributed by atoms with E-state index in [1.807, 2.05) is 0 Å². The highest BCUT2D eigenvalue weighted by Crippen LogP contribution is 2.13. The molecule has 0 unspecified atom stereocenters. The fraction of sp³-hybridized carbons (Fsp3) is 0.143. The molecule has 0 saturated carbocycles. The zero-order chi connectivity index (χ0) is 8.43. The Kier molecular flexibility index (Phi) is 2.05. The van der Waals surface area contributed by atoms with Crippen LogP contribution in [-0.2, 0) is 0 Å². The summed E-state index contributed by atoms with van der Waals surface area (Å²) in [6.45, 7) is 1.45. The van der Waals surface area contributed by atoms with Crippen molar-refractivity contribution in [2.75, 3.05) is 0 Å². The molecule has 1 heterocycles. The van der Waals surface area contributed by atoms with Crippen molar-refractivity contribution in [3.05, 3.63) is 21.9 Å². The minimum Gasteiger partial charge on any atom is -0.365 e. The third-order valence-corrected chi connectivity index (χ3v) is 2.19. The van der Waals surface area contributed by atoms with Crippen LogP contribution in [0.5, 0.6) is 0 Å². The second kappa shape index (κ2) is 2.84. The Balaban J connectivity index is 2.99. The van der Waals surface area contributed by atoms with Crippen LogP contribution in [-0.4, -0.2) is 11.7 Å². The molecule has 0 aliphatic carbocycles. The Bertz CT molecular complexity index is 275. The minimum absolute atomic E-state index is 0.0475. The van der Waals surface area contributed by atoms with Crippen molar-refractivity contribution in [3.63, 3.8) is 0 Å². The molecule has 0 fully saturated rings. The van der Waals surface area contributed by atoms with Crippen molar-refractivity contribution in [2.24, 2.45) is 5.73 Å². The number of rotatable bonds is 2. The van der Waals surface area contributed by atoms with Gasteiger partial charge in [-0.25, -0.2) is 0 Å². The van der Waals surface area contributed by atoms with Crippen molar-refractivity contribution in [3.8, 4) is 0 Å². The summed E-state index contributed by atoms with van der Waals surface area (Å²) in [6.07, 6.45) is 0. The molecule has 0 saturated heterocycles. The van der Waals surface area contributed by atoms with E-state index in [1.54, 1.807) is 5.38 Å². The van der Waals surface area contributed by atoms with E-state index in [1.165, 1.54) is 24.3 Å². The summed E-state index contributed by atoms with van der Waals surface area (Å²) in [5.41, 5.74) is 5.53. The van der Waals surface area contributed by atoms with Gasteiger partial charge >= 0.3 is 0 Å². The molecule has 1 rings (SSSR count). The molecular formula is C7H7NO2S. The largest absolute Gasteiger partial charge is 0.365 e. The minimum atomic E-state index is -0.484. The van der Waals surface area contributed by atoms with Gasteiger partial charge in [0.15, 0.2) is 5.78 Å². The number of ketones is 1. The van der Waals surface area contributed by atoms with Gasteiger partial charge in [0.1, 0.15) is 0 Å². The number of hydrogen-bond donors (Lipinski definition) is 1. The number of Topliss-reactive ketones (excluding diaryl/α,β-unsaturated/α-hetero) is 1. The summed E-state index contributed by atoms with van der Waals surface area (Å²) in [7, 11) is 0. The lowest BCUT2D eigenvalue weighted by Crippen LogP contribution is -2.08. The summed E-state index contributed by atoms with van der Waals surface area (Å²) in [5, 5.41) is 1.63. The predicted octanol–water partition coefficient (Wildman–Crippen LogP) is 1.05. The number of nitrogens with two attached hydrogens (primary N) is 1. The Hall–Kier alpha value is -1.16. The SMILES string of the molecule is CC(=O)c1csc(C(N)=O)c1. The molecule has 0 spiro atoms. The highest BCUT2D eigenvalue weighted by Gasteiger charge is 2.06. The third-order valence-electron chi connectivity index (χ3n) is 1.25. The summed E-state index contributed by atoms with van der Waals surface area (Å²) in [5.74, 6) is -0.531. The molecule has 0 aromatic carbocycles. The van der Waals surface area contributed by atoms with E-state index in [9.17, 15) is 9.59 Å². The number of carbonyl (C=O) groups excluding carboxylic acids is 2. The Morgan fingerprint density at radius 3 is 2.45 bits per heavy atom. The second-order valence-corrected chi connectivity index (χ2v) is 3.03. The number of thiophene rings is 1. The second-order valence-electron chi connectivity index (χ2n) is 2.12. The molecular weight excluding hydrogens is 162 g/mol. The van der Waals surface area contributed by atoms with Crippen LogP contribution >= 0.6 is 11.3 Å². The number of carbonyl (C=O) groups is 2. The van der Waals surface area contributed by atoms with Crippen LogP contribution in [0.1, 0.15) is 27.0 Å². The molecule has 0 atom stereocenters. The molecule has 1 amide bonds. The lowest BCUT2D eigenvalue weighted by molar-refractivity contribution is 0.100. The van der Waals surface area contributed by atoms with Crippen LogP contribution in [0.15, 0.2) is 11.4 Å². The quantitative estimate of drug-likeness (QED) is 0.672. The monoisotopic (exact) mass is 169 g/mol. The predicted molar refractivity (Wildman–Crippen MR) is 42.8 cm³/mol. The lowest BCUT2D eigenvalue weighted by Gasteiger charge is -1.83. The van der Waals surface area contributed by atoms with Gasteiger partial charge < -0.3 is 5.73 Å². The van der Waals surface area contributed by atoms with E-state index >= 15 is 0 Å². The van der Waals surface area contributed by atoms with E-state index in [0.717, 1.165) is 0 Å². The van der Waals surface area contributed by atoms with Gasteiger partial charge in [0.05, 0.1) is 4.88 Å².